The zero-order chi connectivity index (χ0) is 18.4. The van der Waals surface area contributed by atoms with Gasteiger partial charge in [-0.3, -0.25) is 4.79 Å². The van der Waals surface area contributed by atoms with E-state index in [-0.39, 0.29) is 5.78 Å². The molecule has 4 nitrogen and oxygen atoms in total. The number of allylic oxidation sites excluding steroid dienone is 1. The lowest BCUT2D eigenvalue weighted by Crippen LogP contribution is -2.16. The van der Waals surface area contributed by atoms with Gasteiger partial charge in [-0.2, -0.15) is 0 Å². The van der Waals surface area contributed by atoms with E-state index in [9.17, 15) is 4.79 Å². The van der Waals surface area contributed by atoms with Crippen LogP contribution >= 0.6 is 0 Å². The summed E-state index contributed by atoms with van der Waals surface area (Å²) in [6.45, 7) is 1.95. The first-order valence-corrected chi connectivity index (χ1v) is 9.10. The summed E-state index contributed by atoms with van der Waals surface area (Å²) in [5.41, 5.74) is 2.39. The molecule has 0 bridgehead atoms. The van der Waals surface area contributed by atoms with E-state index in [1.54, 1.807) is 20.3 Å². The van der Waals surface area contributed by atoms with Crippen LogP contribution in [0.25, 0.3) is 0 Å². The molecule has 138 valence electrons. The van der Waals surface area contributed by atoms with Crippen molar-refractivity contribution in [2.24, 2.45) is 5.92 Å². The number of methoxy groups -OCH3 is 2. The Labute approximate surface area is 151 Å². The number of rotatable bonds is 7. The highest BCUT2D eigenvalue weighted by atomic mass is 16.5. The van der Waals surface area contributed by atoms with E-state index in [4.69, 9.17) is 9.47 Å². The lowest BCUT2D eigenvalue weighted by molar-refractivity contribution is 0.102. The fraction of sp³-hybridized carbons (Fsp3) is 0.571. The normalized spacial score (nSPS) is 15.8. The van der Waals surface area contributed by atoms with Gasteiger partial charge in [0.05, 0.1) is 19.8 Å². The average molecular weight is 345 g/mol. The summed E-state index contributed by atoms with van der Waals surface area (Å²) in [5, 5.41) is 0. The number of Topliss-reactive ketones (excluding diaryl/α,β-unsaturated/α-hetero) is 1. The molecule has 0 unspecified atom stereocenters. The van der Waals surface area contributed by atoms with Crippen LogP contribution in [0.3, 0.4) is 0 Å². The Hall–Kier alpha value is -1.97. The van der Waals surface area contributed by atoms with Gasteiger partial charge in [-0.25, -0.2) is 0 Å². The molecule has 0 N–H and O–H groups in total. The molecule has 0 radical (unpaired) electrons. The van der Waals surface area contributed by atoms with E-state index < -0.39 is 0 Å². The summed E-state index contributed by atoms with van der Waals surface area (Å²) in [6.07, 6.45) is 9.09. The largest absolute Gasteiger partial charge is 0.496 e. The van der Waals surface area contributed by atoms with Gasteiger partial charge < -0.3 is 14.4 Å². The van der Waals surface area contributed by atoms with Gasteiger partial charge in [-0.1, -0.05) is 32.1 Å². The molecule has 0 heterocycles. The number of nitrogens with zero attached hydrogens (tertiary/aromatic N) is 1. The molecule has 0 saturated heterocycles. The first kappa shape index (κ1) is 19.4. The smallest absolute Gasteiger partial charge is 0.194 e. The van der Waals surface area contributed by atoms with E-state index in [1.807, 2.05) is 38.2 Å². The van der Waals surface area contributed by atoms with Crippen LogP contribution in [-0.2, 0) is 0 Å². The van der Waals surface area contributed by atoms with Crippen molar-refractivity contribution in [2.75, 3.05) is 28.3 Å². The molecule has 25 heavy (non-hydrogen) atoms. The van der Waals surface area contributed by atoms with Gasteiger partial charge in [0, 0.05) is 25.9 Å². The summed E-state index contributed by atoms with van der Waals surface area (Å²) in [5.74, 6) is 1.96. The standard InChI is InChI=1S/C21H31NO3/c1-15-11-20(25-5)18(13-19(15)24-4)21(23)17(14-22(2)3)12-16-9-7-6-8-10-16/h11,13-14,16H,6-10,12H2,1-5H3. The highest BCUT2D eigenvalue weighted by Crippen LogP contribution is 2.34. The third kappa shape index (κ3) is 5.00. The number of benzene rings is 1. The van der Waals surface area contributed by atoms with Gasteiger partial charge in [0.2, 0.25) is 0 Å². The molecule has 0 aromatic heterocycles. The predicted octanol–water partition coefficient (Wildman–Crippen LogP) is 4.61. The summed E-state index contributed by atoms with van der Waals surface area (Å²) in [4.78, 5) is 15.2. The van der Waals surface area contributed by atoms with Crippen molar-refractivity contribution in [3.8, 4) is 11.5 Å². The zero-order valence-corrected chi connectivity index (χ0v) is 16.2. The first-order chi connectivity index (χ1) is 12.0. The molecular weight excluding hydrogens is 314 g/mol. The maximum Gasteiger partial charge on any atom is 0.194 e. The molecular formula is C21H31NO3. The van der Waals surface area contributed by atoms with E-state index in [1.165, 1.54) is 32.1 Å². The van der Waals surface area contributed by atoms with Crippen LogP contribution in [0.1, 0.15) is 54.4 Å². The molecule has 1 fully saturated rings. The van der Waals surface area contributed by atoms with Crippen LogP contribution in [0.15, 0.2) is 23.9 Å². The van der Waals surface area contributed by atoms with E-state index in [2.05, 4.69) is 0 Å². The highest BCUT2D eigenvalue weighted by molar-refractivity contribution is 6.10. The van der Waals surface area contributed by atoms with Gasteiger partial charge in [-0.05, 0) is 37.0 Å². The molecule has 1 aromatic carbocycles. The Kier molecular flexibility index (Phi) is 6.91. The monoisotopic (exact) mass is 345 g/mol. The predicted molar refractivity (Wildman–Crippen MR) is 102 cm³/mol. The highest BCUT2D eigenvalue weighted by Gasteiger charge is 2.23. The van der Waals surface area contributed by atoms with Gasteiger partial charge in [0.1, 0.15) is 11.5 Å². The zero-order valence-electron chi connectivity index (χ0n) is 16.2. The van der Waals surface area contributed by atoms with Crippen LogP contribution in [0, 0.1) is 12.8 Å². The first-order valence-electron chi connectivity index (χ1n) is 9.10. The van der Waals surface area contributed by atoms with Crippen molar-refractivity contribution in [1.82, 2.24) is 4.90 Å². The number of carbonyl (C=O) groups is 1. The van der Waals surface area contributed by atoms with Gasteiger partial charge >= 0.3 is 0 Å². The molecule has 1 aliphatic rings. The number of ether oxygens (including phenoxy) is 2. The fourth-order valence-electron chi connectivity index (χ4n) is 3.62. The Bertz CT molecular complexity index is 628. The molecule has 1 aromatic rings. The minimum atomic E-state index is 0.0365. The SMILES string of the molecule is COc1cc(C(=O)C(=CN(C)C)CC2CCCCC2)c(OC)cc1C. The lowest BCUT2D eigenvalue weighted by Gasteiger charge is -2.23. The molecule has 0 spiro atoms. The van der Waals surface area contributed by atoms with Gasteiger partial charge in [0.15, 0.2) is 5.78 Å². The fourth-order valence-corrected chi connectivity index (χ4v) is 3.62. The molecule has 0 amide bonds. The second-order valence-electron chi connectivity index (χ2n) is 7.18. The summed E-state index contributed by atoms with van der Waals surface area (Å²) < 4.78 is 10.9. The van der Waals surface area contributed by atoms with Crippen molar-refractivity contribution >= 4 is 5.78 Å². The van der Waals surface area contributed by atoms with E-state index in [0.717, 1.165) is 17.6 Å². The summed E-state index contributed by atoms with van der Waals surface area (Å²) in [7, 11) is 7.15. The van der Waals surface area contributed by atoms with Gasteiger partial charge in [0.25, 0.3) is 0 Å². The minimum absolute atomic E-state index is 0.0365. The average Bonchev–Trinajstić information content (AvgIpc) is 2.60. The van der Waals surface area contributed by atoms with Crippen LogP contribution in [0.5, 0.6) is 11.5 Å². The number of hydrogen-bond acceptors (Lipinski definition) is 4. The Morgan fingerprint density at radius 1 is 1.12 bits per heavy atom. The topological polar surface area (TPSA) is 38.8 Å². The minimum Gasteiger partial charge on any atom is -0.496 e. The van der Waals surface area contributed by atoms with Crippen molar-refractivity contribution in [1.29, 1.82) is 0 Å². The van der Waals surface area contributed by atoms with Crippen molar-refractivity contribution < 1.29 is 14.3 Å². The Balaban J connectivity index is 2.35. The number of ketones is 1. The molecule has 1 aliphatic carbocycles. The number of carbonyl (C=O) groups excluding carboxylic acids is 1. The van der Waals surface area contributed by atoms with Crippen LogP contribution < -0.4 is 9.47 Å². The van der Waals surface area contributed by atoms with Crippen LogP contribution in [-0.4, -0.2) is 39.0 Å². The van der Waals surface area contributed by atoms with Crippen molar-refractivity contribution in [3.05, 3.63) is 35.0 Å². The summed E-state index contributed by atoms with van der Waals surface area (Å²) in [6, 6.07) is 3.68. The molecule has 2 rings (SSSR count). The Morgan fingerprint density at radius 2 is 1.76 bits per heavy atom. The Morgan fingerprint density at radius 3 is 2.32 bits per heavy atom. The third-order valence-electron chi connectivity index (χ3n) is 4.90. The third-order valence-corrected chi connectivity index (χ3v) is 4.90. The number of aryl methyl sites for hydroxylation is 1. The summed E-state index contributed by atoms with van der Waals surface area (Å²) >= 11 is 0. The lowest BCUT2D eigenvalue weighted by atomic mass is 9.83. The maximum atomic E-state index is 13.3. The van der Waals surface area contributed by atoms with Crippen molar-refractivity contribution in [3.63, 3.8) is 0 Å². The second-order valence-corrected chi connectivity index (χ2v) is 7.18. The van der Waals surface area contributed by atoms with Crippen LogP contribution in [0.2, 0.25) is 0 Å². The molecule has 4 heteroatoms. The van der Waals surface area contributed by atoms with Crippen molar-refractivity contribution in [2.45, 2.75) is 45.4 Å². The van der Waals surface area contributed by atoms with Crippen LogP contribution in [0.4, 0.5) is 0 Å². The molecule has 1 saturated carbocycles. The molecule has 0 atom stereocenters. The molecule has 0 aliphatic heterocycles. The second kappa shape index (κ2) is 8.93. The maximum absolute atomic E-state index is 13.3. The quantitative estimate of drug-likeness (QED) is 0.534. The number of hydrogen-bond donors (Lipinski definition) is 0. The van der Waals surface area contributed by atoms with E-state index in [0.29, 0.717) is 23.0 Å². The van der Waals surface area contributed by atoms with Gasteiger partial charge in [-0.15, -0.1) is 0 Å². The van der Waals surface area contributed by atoms with E-state index >= 15 is 0 Å².